The minimum Gasteiger partial charge on any atom is -0.352 e. The van der Waals surface area contributed by atoms with E-state index >= 15 is 0 Å². The molecule has 0 saturated carbocycles. The molecule has 1 atom stereocenters. The molecule has 31 heavy (non-hydrogen) atoms. The van der Waals surface area contributed by atoms with Gasteiger partial charge in [-0.25, -0.2) is 17.8 Å². The zero-order chi connectivity index (χ0) is 22.0. The monoisotopic (exact) mass is 445 g/mol. The number of halogens is 1. The summed E-state index contributed by atoms with van der Waals surface area (Å²) in [6, 6.07) is 10.1. The number of carbonyl (C=O) groups excluding carboxylic acids is 1. The van der Waals surface area contributed by atoms with E-state index < -0.39 is 9.84 Å². The van der Waals surface area contributed by atoms with Crippen molar-refractivity contribution in [2.24, 2.45) is 5.92 Å². The third-order valence-corrected chi connectivity index (χ3v) is 8.06. The average molecular weight is 446 g/mol. The maximum absolute atomic E-state index is 14.0. The van der Waals surface area contributed by atoms with Crippen molar-refractivity contribution in [3.63, 3.8) is 0 Å². The summed E-state index contributed by atoms with van der Waals surface area (Å²) in [5.74, 6) is 0.292. The van der Waals surface area contributed by atoms with Crippen LogP contribution in [-0.2, 0) is 21.1 Å². The molecule has 6 nitrogen and oxygen atoms in total. The first-order valence-corrected chi connectivity index (χ1v) is 12.6. The van der Waals surface area contributed by atoms with Crippen molar-refractivity contribution < 1.29 is 17.6 Å². The van der Waals surface area contributed by atoms with Crippen molar-refractivity contribution in [3.05, 3.63) is 59.5 Å². The Balaban J connectivity index is 1.58. The number of carbonyl (C=O) groups is 1. The van der Waals surface area contributed by atoms with E-state index in [1.165, 1.54) is 12.1 Å². The van der Waals surface area contributed by atoms with Gasteiger partial charge < -0.3 is 9.80 Å². The summed E-state index contributed by atoms with van der Waals surface area (Å²) in [7, 11) is -3.04. The first kappa shape index (κ1) is 21.7. The number of anilines is 1. The Morgan fingerprint density at radius 2 is 1.94 bits per heavy atom. The molecular weight excluding hydrogens is 417 g/mol. The normalized spacial score (nSPS) is 21.8. The lowest BCUT2D eigenvalue weighted by Crippen LogP contribution is -2.53. The highest BCUT2D eigenvalue weighted by atomic mass is 32.2. The minimum absolute atomic E-state index is 0.0295. The van der Waals surface area contributed by atoms with Crippen molar-refractivity contribution in [1.82, 2.24) is 9.88 Å². The van der Waals surface area contributed by atoms with Crippen LogP contribution < -0.4 is 4.90 Å². The van der Waals surface area contributed by atoms with Crippen LogP contribution in [0.25, 0.3) is 0 Å². The fourth-order valence-corrected chi connectivity index (χ4v) is 5.93. The molecule has 0 aliphatic carbocycles. The Hall–Kier alpha value is -2.48. The molecule has 2 aromatic rings. The second-order valence-corrected chi connectivity index (χ2v) is 10.7. The van der Waals surface area contributed by atoms with E-state index in [9.17, 15) is 17.6 Å². The summed E-state index contributed by atoms with van der Waals surface area (Å²) < 4.78 is 37.6. The summed E-state index contributed by atoms with van der Waals surface area (Å²) in [5, 5.41) is 0. The van der Waals surface area contributed by atoms with Crippen LogP contribution >= 0.6 is 0 Å². The van der Waals surface area contributed by atoms with Crippen molar-refractivity contribution >= 4 is 21.6 Å². The fraction of sp³-hybridized carbons (Fsp3) is 0.478. The lowest BCUT2D eigenvalue weighted by molar-refractivity contribution is -0.138. The van der Waals surface area contributed by atoms with Gasteiger partial charge in [0, 0.05) is 31.7 Å². The van der Waals surface area contributed by atoms with E-state index in [1.54, 1.807) is 6.07 Å². The van der Waals surface area contributed by atoms with Gasteiger partial charge in [-0.2, -0.15) is 0 Å². The summed E-state index contributed by atoms with van der Waals surface area (Å²) >= 11 is 0. The van der Waals surface area contributed by atoms with Gasteiger partial charge in [-0.1, -0.05) is 25.1 Å². The molecule has 2 aliphatic rings. The van der Waals surface area contributed by atoms with Crippen molar-refractivity contribution in [1.29, 1.82) is 0 Å². The quantitative estimate of drug-likeness (QED) is 0.724. The topological polar surface area (TPSA) is 70.6 Å². The molecule has 1 aromatic heterocycles. The van der Waals surface area contributed by atoms with Gasteiger partial charge in [0.15, 0.2) is 0 Å². The van der Waals surface area contributed by atoms with E-state index in [4.69, 9.17) is 0 Å². The molecular formula is C23H28FN3O3S. The van der Waals surface area contributed by atoms with E-state index in [-0.39, 0.29) is 35.2 Å². The predicted molar refractivity (Wildman–Crippen MR) is 118 cm³/mol. The Labute approximate surface area is 183 Å². The summed E-state index contributed by atoms with van der Waals surface area (Å²) in [5.41, 5.74) is 1.90. The van der Waals surface area contributed by atoms with E-state index in [0.717, 1.165) is 23.4 Å². The molecule has 4 rings (SSSR count). The van der Waals surface area contributed by atoms with Crippen LogP contribution in [0.3, 0.4) is 0 Å². The molecule has 0 N–H and O–H groups in total. The van der Waals surface area contributed by atoms with Crippen LogP contribution in [0.15, 0.2) is 42.6 Å². The average Bonchev–Trinajstić information content (AvgIpc) is 2.78. The predicted octanol–water partition coefficient (Wildman–Crippen LogP) is 3.00. The number of hydrogen-bond acceptors (Lipinski definition) is 5. The summed E-state index contributed by atoms with van der Waals surface area (Å²) in [6.07, 6.45) is 3.50. The van der Waals surface area contributed by atoms with Crippen LogP contribution in [0.5, 0.6) is 0 Å². The largest absolute Gasteiger partial charge is 0.352 e. The highest BCUT2D eigenvalue weighted by Crippen LogP contribution is 2.32. The third kappa shape index (κ3) is 4.89. The van der Waals surface area contributed by atoms with E-state index in [0.29, 0.717) is 32.5 Å². The van der Waals surface area contributed by atoms with Crippen molar-refractivity contribution in [3.8, 4) is 0 Å². The Morgan fingerprint density at radius 1 is 1.16 bits per heavy atom. The number of aromatic nitrogens is 1. The van der Waals surface area contributed by atoms with Gasteiger partial charge in [-0.3, -0.25) is 4.79 Å². The zero-order valence-electron chi connectivity index (χ0n) is 17.7. The first-order valence-electron chi connectivity index (χ1n) is 10.8. The molecule has 1 amide bonds. The number of benzene rings is 1. The molecule has 0 spiro atoms. The van der Waals surface area contributed by atoms with Gasteiger partial charge in [-0.05, 0) is 48.6 Å². The highest BCUT2D eigenvalue weighted by Gasteiger charge is 2.37. The van der Waals surface area contributed by atoms with E-state index in [2.05, 4.69) is 22.9 Å². The number of pyridine rings is 1. The lowest BCUT2D eigenvalue weighted by Gasteiger charge is -2.43. The Morgan fingerprint density at radius 3 is 2.58 bits per heavy atom. The van der Waals surface area contributed by atoms with Crippen molar-refractivity contribution in [2.45, 2.75) is 32.2 Å². The highest BCUT2D eigenvalue weighted by molar-refractivity contribution is 7.91. The number of aryl methyl sites for hydroxylation is 1. The summed E-state index contributed by atoms with van der Waals surface area (Å²) in [4.78, 5) is 21.9. The fourth-order valence-electron chi connectivity index (χ4n) is 4.44. The van der Waals surface area contributed by atoms with Gasteiger partial charge in [-0.15, -0.1) is 0 Å². The third-order valence-electron chi connectivity index (χ3n) is 6.34. The molecule has 0 radical (unpaired) electrons. The van der Waals surface area contributed by atoms with Gasteiger partial charge in [0.25, 0.3) is 0 Å². The number of nitrogens with zero attached hydrogens (tertiary/aromatic N) is 3. The maximum Gasteiger partial charge on any atom is 0.226 e. The van der Waals surface area contributed by atoms with Gasteiger partial charge in [0.05, 0.1) is 17.5 Å². The van der Waals surface area contributed by atoms with Crippen LogP contribution in [0.2, 0.25) is 0 Å². The van der Waals surface area contributed by atoms with Gasteiger partial charge in [0.1, 0.15) is 21.5 Å². The van der Waals surface area contributed by atoms with Gasteiger partial charge >= 0.3 is 0 Å². The SMILES string of the molecule is CCc1ccc(N2CCN(C(=O)C3CCS(=O)(=O)CC3)C(c3cccc(F)c3)C2)nc1. The zero-order valence-corrected chi connectivity index (χ0v) is 18.5. The molecule has 8 heteroatoms. The smallest absolute Gasteiger partial charge is 0.226 e. The molecule has 2 aliphatic heterocycles. The van der Waals surface area contributed by atoms with Crippen LogP contribution in [0.1, 0.15) is 36.9 Å². The summed E-state index contributed by atoms with van der Waals surface area (Å²) in [6.45, 7) is 3.71. The maximum atomic E-state index is 14.0. The minimum atomic E-state index is -3.04. The Kier molecular flexibility index (Phi) is 6.27. The molecule has 0 bridgehead atoms. The molecule has 1 unspecified atom stereocenters. The van der Waals surface area contributed by atoms with Gasteiger partial charge in [0.2, 0.25) is 5.91 Å². The molecule has 166 valence electrons. The second kappa shape index (κ2) is 8.94. The Bertz CT molecular complexity index is 1030. The standard InChI is InChI=1S/C23H28FN3O3S/c1-2-17-6-7-22(25-15-17)26-10-11-27(21(16-26)19-4-3-5-20(24)14-19)23(28)18-8-12-31(29,30)13-9-18/h3-7,14-15,18,21H,2,8-13,16H2,1H3. The van der Waals surface area contributed by atoms with Crippen LogP contribution in [0.4, 0.5) is 10.2 Å². The number of hydrogen-bond donors (Lipinski definition) is 0. The first-order chi connectivity index (χ1) is 14.9. The molecule has 1 aromatic carbocycles. The van der Waals surface area contributed by atoms with E-state index in [1.807, 2.05) is 23.2 Å². The lowest BCUT2D eigenvalue weighted by atomic mass is 9.96. The molecule has 2 saturated heterocycles. The number of piperazine rings is 1. The molecule has 2 fully saturated rings. The second-order valence-electron chi connectivity index (χ2n) is 8.35. The van der Waals surface area contributed by atoms with Crippen LogP contribution in [0, 0.1) is 11.7 Å². The number of rotatable bonds is 4. The number of sulfone groups is 1. The van der Waals surface area contributed by atoms with Crippen molar-refractivity contribution in [2.75, 3.05) is 36.0 Å². The van der Waals surface area contributed by atoms with Crippen LogP contribution in [-0.4, -0.2) is 55.3 Å². The molecule has 3 heterocycles. The number of amides is 1.